The Morgan fingerprint density at radius 1 is 0.500 bits per heavy atom. The lowest BCUT2D eigenvalue weighted by atomic mass is 10.2. The second-order valence-corrected chi connectivity index (χ2v) is 3.54. The highest BCUT2D eigenvalue weighted by molar-refractivity contribution is 5.05. The zero-order valence-corrected chi connectivity index (χ0v) is 8.86. The van der Waals surface area contributed by atoms with Crippen molar-refractivity contribution in [2.24, 2.45) is 0 Å². The maximum Gasteiger partial charge on any atom is -0.0166 e. The summed E-state index contributed by atoms with van der Waals surface area (Å²) in [5, 5.41) is 0. The van der Waals surface area contributed by atoms with Crippen molar-refractivity contribution in [2.45, 2.75) is 38.5 Å². The summed E-state index contributed by atoms with van der Waals surface area (Å²) in [6.45, 7) is 0. The fourth-order valence-electron chi connectivity index (χ4n) is 1.41. The quantitative estimate of drug-likeness (QED) is 0.489. The van der Waals surface area contributed by atoms with E-state index in [1.807, 2.05) is 0 Å². The van der Waals surface area contributed by atoms with Crippen LogP contribution in [0.2, 0.25) is 0 Å². The average molecular weight is 188 g/mol. The topological polar surface area (TPSA) is 0 Å². The van der Waals surface area contributed by atoms with Crippen molar-refractivity contribution in [1.82, 2.24) is 0 Å². The van der Waals surface area contributed by atoms with Gasteiger partial charge in [-0.1, -0.05) is 48.6 Å². The predicted octanol–water partition coefficient (Wildman–Crippen LogP) is 4.57. The molecule has 0 bridgehead atoms. The molecule has 0 fully saturated rings. The largest absolute Gasteiger partial charge is 0.0885 e. The molecule has 0 unspecified atom stereocenters. The van der Waals surface area contributed by atoms with Crippen LogP contribution in [0, 0.1) is 0 Å². The number of hydrogen-bond donors (Lipinski definition) is 0. The molecule has 0 radical (unpaired) electrons. The van der Waals surface area contributed by atoms with Crippen LogP contribution < -0.4 is 0 Å². The fourth-order valence-corrected chi connectivity index (χ4v) is 1.41. The molecule has 1 rings (SSSR count). The van der Waals surface area contributed by atoms with Crippen LogP contribution in [0.25, 0.3) is 0 Å². The first-order valence-electron chi connectivity index (χ1n) is 5.62. The Bertz CT molecular complexity index is 228. The molecule has 0 aliphatic heterocycles. The van der Waals surface area contributed by atoms with Crippen LogP contribution >= 0.6 is 0 Å². The van der Waals surface area contributed by atoms with E-state index in [9.17, 15) is 0 Å². The Hall–Kier alpha value is -1.04. The van der Waals surface area contributed by atoms with Gasteiger partial charge in [-0.25, -0.2) is 0 Å². The average Bonchev–Trinajstić information content (AvgIpc) is 2.22. The second-order valence-electron chi connectivity index (χ2n) is 3.54. The van der Waals surface area contributed by atoms with Crippen LogP contribution in [0.5, 0.6) is 0 Å². The molecule has 0 saturated heterocycles. The lowest BCUT2D eigenvalue weighted by Gasteiger charge is -1.91. The molecule has 1 aliphatic carbocycles. The number of rotatable bonds is 0. The maximum atomic E-state index is 2.31. The van der Waals surface area contributed by atoms with Crippen molar-refractivity contribution in [3.05, 3.63) is 48.6 Å². The summed E-state index contributed by atoms with van der Waals surface area (Å²) in [6.07, 6.45) is 25.0. The van der Waals surface area contributed by atoms with Gasteiger partial charge in [-0.2, -0.15) is 0 Å². The molecule has 1 aliphatic rings. The summed E-state index contributed by atoms with van der Waals surface area (Å²) >= 11 is 0. The van der Waals surface area contributed by atoms with E-state index in [0.717, 1.165) is 12.8 Å². The molecular formula is C14H20. The van der Waals surface area contributed by atoms with E-state index in [1.165, 1.54) is 25.7 Å². The van der Waals surface area contributed by atoms with E-state index in [0.29, 0.717) is 0 Å². The van der Waals surface area contributed by atoms with Gasteiger partial charge in [-0.3, -0.25) is 0 Å². The summed E-state index contributed by atoms with van der Waals surface area (Å²) in [6, 6.07) is 0. The minimum Gasteiger partial charge on any atom is -0.0885 e. The highest BCUT2D eigenvalue weighted by atomic mass is 13.9. The van der Waals surface area contributed by atoms with Crippen molar-refractivity contribution >= 4 is 0 Å². The Labute approximate surface area is 87.7 Å². The molecule has 0 aromatic carbocycles. The molecule has 14 heavy (non-hydrogen) atoms. The first kappa shape index (κ1) is 11.0. The lowest BCUT2D eigenvalue weighted by Crippen LogP contribution is -1.71. The van der Waals surface area contributed by atoms with E-state index >= 15 is 0 Å². The highest BCUT2D eigenvalue weighted by Crippen LogP contribution is 2.02. The van der Waals surface area contributed by atoms with Crippen molar-refractivity contribution in [1.29, 1.82) is 0 Å². The van der Waals surface area contributed by atoms with Gasteiger partial charge >= 0.3 is 0 Å². The minimum atomic E-state index is 1.07. The molecular weight excluding hydrogens is 168 g/mol. The molecule has 76 valence electrons. The first-order chi connectivity index (χ1) is 7.00. The third kappa shape index (κ3) is 6.47. The Morgan fingerprint density at radius 3 is 2.07 bits per heavy atom. The normalized spacial score (nSPS) is 26.3. The van der Waals surface area contributed by atoms with Crippen LogP contribution in [0.4, 0.5) is 0 Å². The highest BCUT2D eigenvalue weighted by Gasteiger charge is 1.82. The van der Waals surface area contributed by atoms with E-state index in [2.05, 4.69) is 48.6 Å². The van der Waals surface area contributed by atoms with Crippen LogP contribution in [-0.2, 0) is 0 Å². The molecule has 0 amide bonds. The first-order valence-corrected chi connectivity index (χ1v) is 5.62. The molecule has 0 saturated carbocycles. The summed E-state index contributed by atoms with van der Waals surface area (Å²) in [4.78, 5) is 0. The number of hydrogen-bond acceptors (Lipinski definition) is 0. The minimum absolute atomic E-state index is 1.07. The third-order valence-corrected chi connectivity index (χ3v) is 2.23. The van der Waals surface area contributed by atoms with Crippen molar-refractivity contribution in [3.63, 3.8) is 0 Å². The van der Waals surface area contributed by atoms with Gasteiger partial charge in [-0.15, -0.1) is 0 Å². The van der Waals surface area contributed by atoms with Crippen LogP contribution in [-0.4, -0.2) is 0 Å². The van der Waals surface area contributed by atoms with Gasteiger partial charge in [0.2, 0.25) is 0 Å². The fraction of sp³-hybridized carbons (Fsp3) is 0.429. The van der Waals surface area contributed by atoms with Gasteiger partial charge in [0.15, 0.2) is 0 Å². The third-order valence-electron chi connectivity index (χ3n) is 2.23. The van der Waals surface area contributed by atoms with E-state index < -0.39 is 0 Å². The van der Waals surface area contributed by atoms with Crippen LogP contribution in [0.15, 0.2) is 48.6 Å². The Morgan fingerprint density at radius 2 is 1.14 bits per heavy atom. The van der Waals surface area contributed by atoms with Crippen LogP contribution in [0.1, 0.15) is 38.5 Å². The van der Waals surface area contributed by atoms with Crippen molar-refractivity contribution in [2.75, 3.05) is 0 Å². The van der Waals surface area contributed by atoms with E-state index in [-0.39, 0.29) is 0 Å². The van der Waals surface area contributed by atoms with Gasteiger partial charge in [0, 0.05) is 0 Å². The van der Waals surface area contributed by atoms with Gasteiger partial charge in [0.1, 0.15) is 0 Å². The molecule has 0 aromatic rings. The molecule has 0 nitrogen and oxygen atoms in total. The van der Waals surface area contributed by atoms with Crippen molar-refractivity contribution in [3.8, 4) is 0 Å². The molecule has 0 N–H and O–H groups in total. The molecule has 0 heteroatoms. The van der Waals surface area contributed by atoms with Gasteiger partial charge in [0.05, 0.1) is 0 Å². The van der Waals surface area contributed by atoms with Crippen molar-refractivity contribution < 1.29 is 0 Å². The molecule has 0 aromatic heterocycles. The van der Waals surface area contributed by atoms with E-state index in [1.54, 1.807) is 0 Å². The molecule has 0 atom stereocenters. The number of allylic oxidation sites excluding steroid dienone is 8. The standard InChI is InChI=1S/C14H20/c1-2-4-6-8-10-12-14-13-11-9-7-5-3-1/h1-4,7,9-10,12H,5-6,8,11,13-14H2/b3-1-,4-2+,9-7-,12-10?. The summed E-state index contributed by atoms with van der Waals surface area (Å²) in [5.74, 6) is 0. The summed E-state index contributed by atoms with van der Waals surface area (Å²) in [5.41, 5.74) is 0. The summed E-state index contributed by atoms with van der Waals surface area (Å²) < 4.78 is 0. The monoisotopic (exact) mass is 188 g/mol. The molecule has 0 spiro atoms. The van der Waals surface area contributed by atoms with Crippen LogP contribution in [0.3, 0.4) is 0 Å². The van der Waals surface area contributed by atoms with Gasteiger partial charge < -0.3 is 0 Å². The Balaban J connectivity index is 2.35. The Kier molecular flexibility index (Phi) is 6.74. The molecule has 0 heterocycles. The zero-order chi connectivity index (χ0) is 9.90. The summed E-state index contributed by atoms with van der Waals surface area (Å²) in [7, 11) is 0. The van der Waals surface area contributed by atoms with Gasteiger partial charge in [0.25, 0.3) is 0 Å². The zero-order valence-electron chi connectivity index (χ0n) is 8.86. The predicted molar refractivity (Wildman–Crippen MR) is 64.3 cm³/mol. The lowest BCUT2D eigenvalue weighted by molar-refractivity contribution is 0.860. The second kappa shape index (κ2) is 8.55. The SMILES string of the molecule is C1=CCCC/C=C\C/C=C\C=C\CC1. The van der Waals surface area contributed by atoms with Gasteiger partial charge in [-0.05, 0) is 38.5 Å². The smallest absolute Gasteiger partial charge is 0.0166 e. The maximum absolute atomic E-state index is 2.31. The van der Waals surface area contributed by atoms with E-state index in [4.69, 9.17) is 0 Å².